The van der Waals surface area contributed by atoms with Gasteiger partial charge in [0.25, 0.3) is 6.29 Å². The zero-order chi connectivity index (χ0) is 16.3. The first-order valence-corrected chi connectivity index (χ1v) is 8.19. The van der Waals surface area contributed by atoms with Gasteiger partial charge >= 0.3 is 0 Å². The molecule has 0 aliphatic heterocycles. The number of rotatable bonds is 10. The number of ketones is 1. The van der Waals surface area contributed by atoms with Crippen LogP contribution in [0.4, 0.5) is 0 Å². The minimum Gasteiger partial charge on any atom is -0.457 e. The summed E-state index contributed by atoms with van der Waals surface area (Å²) in [6.07, 6.45) is 2.24. The Morgan fingerprint density at radius 1 is 1.00 bits per heavy atom. The van der Waals surface area contributed by atoms with Crippen molar-refractivity contribution >= 4 is 5.78 Å². The Bertz CT molecular complexity index is 566. The molecule has 0 saturated heterocycles. The van der Waals surface area contributed by atoms with Gasteiger partial charge in [-0.3, -0.25) is 4.79 Å². The summed E-state index contributed by atoms with van der Waals surface area (Å²) < 4.78 is 11.4. The van der Waals surface area contributed by atoms with Crippen LogP contribution in [0.1, 0.15) is 31.7 Å². The first kappa shape index (κ1) is 17.2. The quantitative estimate of drug-likeness (QED) is 0.481. The largest absolute Gasteiger partial charge is 0.457 e. The van der Waals surface area contributed by atoms with Crippen LogP contribution in [0, 0.1) is 0 Å². The van der Waals surface area contributed by atoms with E-state index in [1.165, 1.54) is 5.56 Å². The average molecular weight is 312 g/mol. The fourth-order valence-corrected chi connectivity index (χ4v) is 2.29. The van der Waals surface area contributed by atoms with Crippen molar-refractivity contribution < 1.29 is 14.3 Å². The Balaban J connectivity index is 1.83. The second-order valence-corrected chi connectivity index (χ2v) is 5.44. The van der Waals surface area contributed by atoms with Gasteiger partial charge in [-0.15, -0.1) is 0 Å². The van der Waals surface area contributed by atoms with Crippen LogP contribution in [0.2, 0.25) is 0 Å². The maximum atomic E-state index is 12.2. The van der Waals surface area contributed by atoms with E-state index in [4.69, 9.17) is 9.47 Å². The smallest absolute Gasteiger partial charge is 0.259 e. The van der Waals surface area contributed by atoms with E-state index in [-0.39, 0.29) is 5.78 Å². The molecular weight excluding hydrogens is 288 g/mol. The fourth-order valence-electron chi connectivity index (χ4n) is 2.29. The second kappa shape index (κ2) is 9.80. The fraction of sp³-hybridized carbons (Fsp3) is 0.350. The Morgan fingerprint density at radius 2 is 1.65 bits per heavy atom. The summed E-state index contributed by atoms with van der Waals surface area (Å²) in [5.41, 5.74) is 1.27. The van der Waals surface area contributed by atoms with Crippen molar-refractivity contribution in [3.8, 4) is 5.75 Å². The van der Waals surface area contributed by atoms with Crippen molar-refractivity contribution in [1.29, 1.82) is 0 Å². The van der Waals surface area contributed by atoms with E-state index in [2.05, 4.69) is 12.1 Å². The van der Waals surface area contributed by atoms with Crippen LogP contribution >= 0.6 is 0 Å². The number of Topliss-reactive ketones (excluding diaryl/α,β-unsaturated/α-hetero) is 1. The van der Waals surface area contributed by atoms with Gasteiger partial charge in [-0.25, -0.2) is 0 Å². The van der Waals surface area contributed by atoms with Crippen LogP contribution in [0.15, 0.2) is 60.7 Å². The molecule has 0 amide bonds. The molecular formula is C20H24O3. The molecule has 0 aliphatic carbocycles. The van der Waals surface area contributed by atoms with E-state index in [1.807, 2.05) is 55.5 Å². The molecule has 0 bridgehead atoms. The average Bonchev–Trinajstić information content (AvgIpc) is 2.59. The lowest BCUT2D eigenvalue weighted by atomic mass is 10.1. The van der Waals surface area contributed by atoms with Gasteiger partial charge in [0.2, 0.25) is 5.78 Å². The van der Waals surface area contributed by atoms with Crippen LogP contribution in [0.3, 0.4) is 0 Å². The van der Waals surface area contributed by atoms with Crippen molar-refractivity contribution in [2.45, 2.75) is 38.9 Å². The summed E-state index contributed by atoms with van der Waals surface area (Å²) >= 11 is 0. The van der Waals surface area contributed by atoms with Gasteiger partial charge in [0.05, 0.1) is 6.61 Å². The number of carbonyl (C=O) groups excluding carboxylic acids is 1. The lowest BCUT2D eigenvalue weighted by Crippen LogP contribution is -2.30. The Kier molecular flexibility index (Phi) is 7.34. The first-order chi connectivity index (χ1) is 11.3. The van der Waals surface area contributed by atoms with Crippen molar-refractivity contribution in [2.75, 3.05) is 6.61 Å². The number of benzene rings is 2. The van der Waals surface area contributed by atoms with Gasteiger partial charge in [-0.1, -0.05) is 55.5 Å². The minimum atomic E-state index is -0.812. The van der Waals surface area contributed by atoms with E-state index in [1.54, 1.807) is 0 Å². The third kappa shape index (κ3) is 6.25. The standard InChI is InChI=1S/C20H24O3/c1-2-10-19(21)20(23-18-14-7-4-8-15-18)22-16-9-13-17-11-5-3-6-12-17/h3-8,11-12,14-15,20H,2,9-10,13,16H2,1H3. The maximum absolute atomic E-state index is 12.2. The molecule has 0 saturated carbocycles. The van der Waals surface area contributed by atoms with Gasteiger partial charge in [0, 0.05) is 6.42 Å². The molecule has 0 spiro atoms. The highest BCUT2D eigenvalue weighted by atomic mass is 16.7. The number of hydrogen-bond donors (Lipinski definition) is 0. The van der Waals surface area contributed by atoms with Crippen molar-refractivity contribution in [3.63, 3.8) is 0 Å². The number of para-hydroxylation sites is 1. The lowest BCUT2D eigenvalue weighted by Gasteiger charge is -2.18. The molecule has 23 heavy (non-hydrogen) atoms. The summed E-state index contributed by atoms with van der Waals surface area (Å²) in [4.78, 5) is 12.2. The third-order valence-electron chi connectivity index (χ3n) is 3.47. The van der Waals surface area contributed by atoms with Crippen molar-refractivity contribution in [2.24, 2.45) is 0 Å². The highest BCUT2D eigenvalue weighted by Gasteiger charge is 2.20. The predicted octanol–water partition coefficient (Wildman–Crippen LogP) is 4.41. The maximum Gasteiger partial charge on any atom is 0.259 e. The van der Waals surface area contributed by atoms with Gasteiger partial charge < -0.3 is 9.47 Å². The number of ether oxygens (including phenoxy) is 2. The topological polar surface area (TPSA) is 35.5 Å². The predicted molar refractivity (Wildman–Crippen MR) is 91.5 cm³/mol. The van der Waals surface area contributed by atoms with Crippen molar-refractivity contribution in [3.05, 3.63) is 66.2 Å². The first-order valence-electron chi connectivity index (χ1n) is 8.19. The minimum absolute atomic E-state index is 0.00364. The molecule has 0 N–H and O–H groups in total. The molecule has 2 rings (SSSR count). The van der Waals surface area contributed by atoms with Gasteiger partial charge in [0.15, 0.2) is 0 Å². The molecule has 1 atom stereocenters. The Hall–Kier alpha value is -2.13. The van der Waals surface area contributed by atoms with E-state index < -0.39 is 6.29 Å². The van der Waals surface area contributed by atoms with Gasteiger partial charge in [-0.2, -0.15) is 0 Å². The van der Waals surface area contributed by atoms with Gasteiger partial charge in [-0.05, 0) is 37.0 Å². The molecule has 0 fully saturated rings. The zero-order valence-corrected chi connectivity index (χ0v) is 13.6. The molecule has 0 aromatic heterocycles. The van der Waals surface area contributed by atoms with Crippen LogP contribution in [0.25, 0.3) is 0 Å². The lowest BCUT2D eigenvalue weighted by molar-refractivity contribution is -0.150. The summed E-state index contributed by atoms with van der Waals surface area (Å²) in [6.45, 7) is 2.48. The van der Waals surface area contributed by atoms with Crippen LogP contribution in [0.5, 0.6) is 5.75 Å². The summed E-state index contributed by atoms with van der Waals surface area (Å²) in [5, 5.41) is 0. The molecule has 2 aromatic rings. The highest BCUT2D eigenvalue weighted by Crippen LogP contribution is 2.14. The molecule has 0 aliphatic rings. The molecule has 3 heteroatoms. The summed E-state index contributed by atoms with van der Waals surface area (Å²) in [6, 6.07) is 19.6. The normalized spacial score (nSPS) is 11.9. The summed E-state index contributed by atoms with van der Waals surface area (Å²) in [7, 11) is 0. The van der Waals surface area contributed by atoms with E-state index in [0.29, 0.717) is 18.8 Å². The summed E-state index contributed by atoms with van der Waals surface area (Å²) in [5.74, 6) is 0.654. The number of aryl methyl sites for hydroxylation is 1. The van der Waals surface area contributed by atoms with Crippen LogP contribution in [-0.4, -0.2) is 18.7 Å². The third-order valence-corrected chi connectivity index (χ3v) is 3.47. The molecule has 0 heterocycles. The molecule has 122 valence electrons. The van der Waals surface area contributed by atoms with Crippen LogP contribution < -0.4 is 4.74 Å². The molecule has 1 unspecified atom stereocenters. The van der Waals surface area contributed by atoms with Crippen molar-refractivity contribution in [1.82, 2.24) is 0 Å². The second-order valence-electron chi connectivity index (χ2n) is 5.44. The number of carbonyl (C=O) groups is 1. The van der Waals surface area contributed by atoms with E-state index in [9.17, 15) is 4.79 Å². The monoisotopic (exact) mass is 312 g/mol. The van der Waals surface area contributed by atoms with Crippen LogP contribution in [-0.2, 0) is 16.0 Å². The Labute approximate surface area is 138 Å². The number of hydrogen-bond acceptors (Lipinski definition) is 3. The highest BCUT2D eigenvalue weighted by molar-refractivity contribution is 5.82. The molecule has 0 radical (unpaired) electrons. The molecule has 3 nitrogen and oxygen atoms in total. The van der Waals surface area contributed by atoms with E-state index in [0.717, 1.165) is 19.3 Å². The zero-order valence-electron chi connectivity index (χ0n) is 13.6. The Morgan fingerprint density at radius 3 is 2.30 bits per heavy atom. The SMILES string of the molecule is CCCC(=O)C(OCCCc1ccccc1)Oc1ccccc1. The van der Waals surface area contributed by atoms with E-state index >= 15 is 0 Å². The molecule has 2 aromatic carbocycles. The van der Waals surface area contributed by atoms with Gasteiger partial charge in [0.1, 0.15) is 5.75 Å².